The molecule has 1 fully saturated rings. The molecule has 9 heteroatoms. The molecular weight excluding hydrogens is 393 g/mol. The number of carbonyl (C=O) groups excluding carboxylic acids is 2. The predicted molar refractivity (Wildman–Crippen MR) is 107 cm³/mol. The first-order valence-corrected chi connectivity index (χ1v) is 10.3. The Labute approximate surface area is 171 Å². The lowest BCUT2D eigenvalue weighted by molar-refractivity contribution is -0.120. The van der Waals surface area contributed by atoms with E-state index in [1.807, 2.05) is 0 Å². The van der Waals surface area contributed by atoms with E-state index in [9.17, 15) is 14.0 Å². The van der Waals surface area contributed by atoms with Gasteiger partial charge in [0.1, 0.15) is 17.2 Å². The number of nitrogens with one attached hydrogen (secondary N) is 2. The summed E-state index contributed by atoms with van der Waals surface area (Å²) in [4.78, 5) is 28.7. The van der Waals surface area contributed by atoms with E-state index >= 15 is 0 Å². The number of hydrogen-bond donors (Lipinski definition) is 2. The monoisotopic (exact) mass is 413 g/mol. The number of amides is 2. The highest BCUT2D eigenvalue weighted by Crippen LogP contribution is 2.26. The normalized spacial score (nSPS) is 18.9. The van der Waals surface area contributed by atoms with Crippen molar-refractivity contribution in [3.63, 3.8) is 0 Å². The Balaban J connectivity index is 1.29. The van der Waals surface area contributed by atoms with Gasteiger partial charge in [-0.25, -0.2) is 14.1 Å². The zero-order valence-electron chi connectivity index (χ0n) is 15.5. The van der Waals surface area contributed by atoms with Crippen molar-refractivity contribution in [3.8, 4) is 5.69 Å². The summed E-state index contributed by atoms with van der Waals surface area (Å²) in [6.45, 7) is 0. The van der Waals surface area contributed by atoms with Crippen molar-refractivity contribution >= 4 is 29.0 Å². The van der Waals surface area contributed by atoms with Crippen LogP contribution in [0.25, 0.3) is 5.69 Å². The summed E-state index contributed by atoms with van der Waals surface area (Å²) in [6.07, 6.45) is 4.44. The van der Waals surface area contributed by atoms with Crippen LogP contribution >= 0.6 is 11.3 Å². The van der Waals surface area contributed by atoms with Gasteiger partial charge in [0.2, 0.25) is 5.91 Å². The third kappa shape index (κ3) is 4.51. The lowest BCUT2D eigenvalue weighted by Crippen LogP contribution is -2.39. The van der Waals surface area contributed by atoms with Gasteiger partial charge in [-0.05, 0) is 37.8 Å². The molecule has 2 amide bonds. The lowest BCUT2D eigenvalue weighted by atomic mass is 9.85. The molecule has 0 saturated heterocycles. The highest BCUT2D eigenvalue weighted by Gasteiger charge is 2.28. The maximum absolute atomic E-state index is 13.9. The third-order valence-corrected chi connectivity index (χ3v) is 5.62. The first-order valence-electron chi connectivity index (χ1n) is 9.40. The van der Waals surface area contributed by atoms with E-state index in [1.165, 1.54) is 22.1 Å². The van der Waals surface area contributed by atoms with Crippen LogP contribution in [-0.4, -0.2) is 32.6 Å². The second-order valence-electron chi connectivity index (χ2n) is 6.98. The van der Waals surface area contributed by atoms with Crippen LogP contribution in [-0.2, 0) is 4.79 Å². The Kier molecular flexibility index (Phi) is 5.66. The summed E-state index contributed by atoms with van der Waals surface area (Å²) < 4.78 is 15.3. The van der Waals surface area contributed by atoms with Crippen LogP contribution in [0.3, 0.4) is 0 Å². The Morgan fingerprint density at radius 2 is 1.93 bits per heavy atom. The molecule has 0 radical (unpaired) electrons. The number of carbonyl (C=O) groups is 2. The topological polar surface area (TPSA) is 88.9 Å². The van der Waals surface area contributed by atoms with Gasteiger partial charge in [0.05, 0.1) is 5.51 Å². The van der Waals surface area contributed by atoms with Crippen LogP contribution < -0.4 is 10.6 Å². The summed E-state index contributed by atoms with van der Waals surface area (Å²) in [5.41, 5.74) is 2.38. The molecule has 1 saturated carbocycles. The van der Waals surface area contributed by atoms with Gasteiger partial charge in [0.25, 0.3) is 5.91 Å². The van der Waals surface area contributed by atoms with E-state index in [0.29, 0.717) is 30.0 Å². The van der Waals surface area contributed by atoms with Gasteiger partial charge in [-0.3, -0.25) is 9.59 Å². The molecule has 0 spiro atoms. The molecule has 0 unspecified atom stereocenters. The second kappa shape index (κ2) is 8.52. The quantitative estimate of drug-likeness (QED) is 0.671. The number of nitrogens with zero attached hydrogens (tertiary/aromatic N) is 3. The third-order valence-electron chi connectivity index (χ3n) is 5.04. The summed E-state index contributed by atoms with van der Waals surface area (Å²) >= 11 is 1.38. The van der Waals surface area contributed by atoms with E-state index in [-0.39, 0.29) is 29.6 Å². The van der Waals surface area contributed by atoms with Crippen molar-refractivity contribution in [3.05, 3.63) is 58.9 Å². The van der Waals surface area contributed by atoms with Crippen molar-refractivity contribution in [2.24, 2.45) is 5.92 Å². The van der Waals surface area contributed by atoms with Crippen LogP contribution in [0.1, 0.15) is 36.2 Å². The minimum absolute atomic E-state index is 0.0496. The van der Waals surface area contributed by atoms with Crippen molar-refractivity contribution in [2.45, 2.75) is 31.7 Å². The minimum Gasteiger partial charge on any atom is -0.348 e. The van der Waals surface area contributed by atoms with Crippen LogP contribution in [0.15, 0.2) is 47.4 Å². The number of halogens is 1. The van der Waals surface area contributed by atoms with Gasteiger partial charge in [0, 0.05) is 29.6 Å². The van der Waals surface area contributed by atoms with E-state index in [1.54, 1.807) is 41.4 Å². The standard InChI is InChI=1S/C20H20FN5O2S/c21-15-3-1-2-4-17(15)26-10-9-18(25-26)24-19(27)13-5-7-14(8-6-13)23-20(28)16-11-29-12-22-16/h1-4,9-14H,5-8H2,(H,23,28)(H,24,25,27). The maximum atomic E-state index is 13.9. The predicted octanol–water partition coefficient (Wildman–Crippen LogP) is 3.40. The number of thiazole rings is 1. The fourth-order valence-electron chi connectivity index (χ4n) is 3.47. The average molecular weight is 413 g/mol. The van der Waals surface area contributed by atoms with Crippen LogP contribution in [0.2, 0.25) is 0 Å². The minimum atomic E-state index is -0.383. The maximum Gasteiger partial charge on any atom is 0.270 e. The Morgan fingerprint density at radius 1 is 1.14 bits per heavy atom. The molecule has 4 rings (SSSR count). The number of para-hydroxylation sites is 1. The summed E-state index contributed by atoms with van der Waals surface area (Å²) in [6, 6.07) is 8.01. The molecule has 2 heterocycles. The Bertz CT molecular complexity index is 996. The second-order valence-corrected chi connectivity index (χ2v) is 7.70. The average Bonchev–Trinajstić information content (AvgIpc) is 3.41. The van der Waals surface area contributed by atoms with Gasteiger partial charge in [0.15, 0.2) is 5.82 Å². The molecular formula is C20H20FN5O2S. The summed E-state index contributed by atoms with van der Waals surface area (Å²) in [5, 5.41) is 11.7. The van der Waals surface area contributed by atoms with E-state index in [2.05, 4.69) is 20.7 Å². The first-order chi connectivity index (χ1) is 14.1. The van der Waals surface area contributed by atoms with Crippen molar-refractivity contribution in [1.29, 1.82) is 0 Å². The zero-order valence-corrected chi connectivity index (χ0v) is 16.4. The molecule has 1 aromatic carbocycles. The van der Waals surface area contributed by atoms with Crippen LogP contribution in [0.5, 0.6) is 0 Å². The van der Waals surface area contributed by atoms with Gasteiger partial charge in [-0.1, -0.05) is 12.1 Å². The van der Waals surface area contributed by atoms with Crippen molar-refractivity contribution in [1.82, 2.24) is 20.1 Å². The fourth-order valence-corrected chi connectivity index (χ4v) is 4.01. The molecule has 1 aliphatic carbocycles. The van der Waals surface area contributed by atoms with Crippen molar-refractivity contribution < 1.29 is 14.0 Å². The molecule has 150 valence electrons. The van der Waals surface area contributed by atoms with Gasteiger partial charge in [-0.2, -0.15) is 0 Å². The first kappa shape index (κ1) is 19.3. The number of aromatic nitrogens is 3. The van der Waals surface area contributed by atoms with Crippen LogP contribution in [0, 0.1) is 11.7 Å². The molecule has 7 nitrogen and oxygen atoms in total. The molecule has 1 aliphatic rings. The van der Waals surface area contributed by atoms with Gasteiger partial charge < -0.3 is 10.6 Å². The number of benzene rings is 1. The highest BCUT2D eigenvalue weighted by molar-refractivity contribution is 7.07. The Hall–Kier alpha value is -3.07. The molecule has 0 atom stereocenters. The fraction of sp³-hybridized carbons (Fsp3) is 0.300. The summed E-state index contributed by atoms with van der Waals surface area (Å²) in [7, 11) is 0. The van der Waals surface area contributed by atoms with Crippen LogP contribution in [0.4, 0.5) is 10.2 Å². The molecule has 2 N–H and O–H groups in total. The molecule has 29 heavy (non-hydrogen) atoms. The molecule has 0 bridgehead atoms. The van der Waals surface area contributed by atoms with Gasteiger partial charge >= 0.3 is 0 Å². The molecule has 0 aliphatic heterocycles. The number of anilines is 1. The summed E-state index contributed by atoms with van der Waals surface area (Å²) in [5.74, 6) is -0.407. The van der Waals surface area contributed by atoms with Crippen molar-refractivity contribution in [2.75, 3.05) is 5.32 Å². The zero-order chi connectivity index (χ0) is 20.2. The lowest BCUT2D eigenvalue weighted by Gasteiger charge is -2.28. The molecule has 3 aromatic rings. The molecule has 2 aromatic heterocycles. The SMILES string of the molecule is O=C(NC1CCC(C(=O)Nc2ccn(-c3ccccc3F)n2)CC1)c1cscn1. The smallest absolute Gasteiger partial charge is 0.270 e. The van der Waals surface area contributed by atoms with E-state index in [4.69, 9.17) is 0 Å². The van der Waals surface area contributed by atoms with E-state index in [0.717, 1.165) is 12.8 Å². The Morgan fingerprint density at radius 3 is 2.66 bits per heavy atom. The number of rotatable bonds is 5. The van der Waals surface area contributed by atoms with E-state index < -0.39 is 0 Å². The number of hydrogen-bond acceptors (Lipinski definition) is 5. The highest BCUT2D eigenvalue weighted by atomic mass is 32.1. The van der Waals surface area contributed by atoms with Gasteiger partial charge in [-0.15, -0.1) is 16.4 Å². The largest absolute Gasteiger partial charge is 0.348 e.